The average Bonchev–Trinajstić information content (AvgIpc) is 2.77. The number of amides is 1. The molecule has 0 saturated heterocycles. The lowest BCUT2D eigenvalue weighted by atomic mass is 10.0. The lowest BCUT2D eigenvalue weighted by molar-refractivity contribution is 0.0948. The van der Waals surface area contributed by atoms with Crippen LogP contribution >= 0.6 is 0 Å². The molecule has 1 aliphatic heterocycles. The minimum Gasteiger partial charge on any atom is -0.351 e. The summed E-state index contributed by atoms with van der Waals surface area (Å²) in [6.45, 7) is 2.37. The largest absolute Gasteiger partial charge is 0.351 e. The lowest BCUT2D eigenvalue weighted by Crippen LogP contribution is -2.31. The molecule has 0 saturated carbocycles. The van der Waals surface area contributed by atoms with Gasteiger partial charge in [-0.15, -0.1) is 0 Å². The van der Waals surface area contributed by atoms with Crippen molar-refractivity contribution in [3.8, 4) is 0 Å². The van der Waals surface area contributed by atoms with Crippen LogP contribution in [0, 0.1) is 0 Å². The fraction of sp³-hybridized carbons (Fsp3) is 0.261. The Kier molecular flexibility index (Phi) is 5.61. The van der Waals surface area contributed by atoms with Gasteiger partial charge in [0.15, 0.2) is 0 Å². The van der Waals surface area contributed by atoms with Crippen LogP contribution in [0.3, 0.4) is 0 Å². The quantitative estimate of drug-likeness (QED) is 0.674. The van der Waals surface area contributed by atoms with Crippen molar-refractivity contribution in [1.29, 1.82) is 0 Å². The van der Waals surface area contributed by atoms with E-state index in [2.05, 4.69) is 56.6 Å². The standard InChI is InChI=1S/C23H24N4O/c28-23(24-13-6-9-18-7-2-1-3-8-18)21-15-26-22(16-25-21)27-14-12-19-10-4-5-11-20(19)17-27/h1-5,7-8,10-11,15-16H,6,9,12-14,17H2,(H,24,28). The highest BCUT2D eigenvalue weighted by molar-refractivity contribution is 5.91. The number of aromatic nitrogens is 2. The number of anilines is 1. The van der Waals surface area contributed by atoms with Crippen LogP contribution in [0.5, 0.6) is 0 Å². The zero-order valence-corrected chi connectivity index (χ0v) is 15.8. The molecular formula is C23H24N4O. The van der Waals surface area contributed by atoms with E-state index in [0.717, 1.165) is 38.2 Å². The summed E-state index contributed by atoms with van der Waals surface area (Å²) in [4.78, 5) is 23.3. The first-order chi connectivity index (χ1) is 13.8. The number of rotatable bonds is 6. The molecule has 0 fully saturated rings. The molecule has 0 atom stereocenters. The molecule has 5 heteroatoms. The van der Waals surface area contributed by atoms with Crippen LogP contribution in [-0.2, 0) is 19.4 Å². The van der Waals surface area contributed by atoms with E-state index in [1.165, 1.54) is 16.7 Å². The molecular weight excluding hydrogens is 348 g/mol. The van der Waals surface area contributed by atoms with Crippen molar-refractivity contribution < 1.29 is 4.79 Å². The predicted molar refractivity (Wildman–Crippen MR) is 110 cm³/mol. The van der Waals surface area contributed by atoms with Gasteiger partial charge in [0, 0.05) is 19.6 Å². The molecule has 0 aliphatic carbocycles. The van der Waals surface area contributed by atoms with Gasteiger partial charge in [-0.3, -0.25) is 4.79 Å². The van der Waals surface area contributed by atoms with Crippen molar-refractivity contribution in [2.24, 2.45) is 0 Å². The van der Waals surface area contributed by atoms with E-state index >= 15 is 0 Å². The second kappa shape index (κ2) is 8.65. The number of aryl methyl sites for hydroxylation is 1. The molecule has 5 nitrogen and oxygen atoms in total. The number of carbonyl (C=O) groups excluding carboxylic acids is 1. The number of benzene rings is 2. The van der Waals surface area contributed by atoms with E-state index in [-0.39, 0.29) is 5.91 Å². The van der Waals surface area contributed by atoms with Crippen LogP contribution in [0.2, 0.25) is 0 Å². The number of nitrogens with zero attached hydrogens (tertiary/aromatic N) is 3. The van der Waals surface area contributed by atoms with Gasteiger partial charge in [-0.25, -0.2) is 9.97 Å². The van der Waals surface area contributed by atoms with Crippen molar-refractivity contribution in [2.45, 2.75) is 25.8 Å². The van der Waals surface area contributed by atoms with E-state index in [9.17, 15) is 4.79 Å². The molecule has 0 spiro atoms. The molecule has 3 aromatic rings. The fourth-order valence-corrected chi connectivity index (χ4v) is 3.52. The maximum Gasteiger partial charge on any atom is 0.271 e. The van der Waals surface area contributed by atoms with Crippen LogP contribution in [0.4, 0.5) is 5.82 Å². The maximum absolute atomic E-state index is 12.3. The zero-order chi connectivity index (χ0) is 19.2. The zero-order valence-electron chi connectivity index (χ0n) is 15.8. The van der Waals surface area contributed by atoms with Crippen LogP contribution in [0.25, 0.3) is 0 Å². The first-order valence-electron chi connectivity index (χ1n) is 9.75. The third-order valence-electron chi connectivity index (χ3n) is 5.10. The number of hydrogen-bond acceptors (Lipinski definition) is 4. The van der Waals surface area contributed by atoms with Crippen molar-refractivity contribution >= 4 is 11.7 Å². The second-order valence-corrected chi connectivity index (χ2v) is 7.05. The number of nitrogens with one attached hydrogen (secondary N) is 1. The first-order valence-corrected chi connectivity index (χ1v) is 9.75. The van der Waals surface area contributed by atoms with Gasteiger partial charge in [0.25, 0.3) is 5.91 Å². The van der Waals surface area contributed by atoms with Gasteiger partial charge in [-0.1, -0.05) is 54.6 Å². The molecule has 2 aromatic carbocycles. The fourth-order valence-electron chi connectivity index (χ4n) is 3.52. The highest BCUT2D eigenvalue weighted by Crippen LogP contribution is 2.22. The lowest BCUT2D eigenvalue weighted by Gasteiger charge is -2.29. The molecule has 1 aromatic heterocycles. The van der Waals surface area contributed by atoms with Gasteiger partial charge < -0.3 is 10.2 Å². The third-order valence-corrected chi connectivity index (χ3v) is 5.10. The summed E-state index contributed by atoms with van der Waals surface area (Å²) in [5.41, 5.74) is 4.37. The summed E-state index contributed by atoms with van der Waals surface area (Å²) in [5.74, 6) is 0.645. The van der Waals surface area contributed by atoms with E-state index in [0.29, 0.717) is 12.2 Å². The second-order valence-electron chi connectivity index (χ2n) is 7.05. The van der Waals surface area contributed by atoms with Gasteiger partial charge in [0.2, 0.25) is 0 Å². The molecule has 1 amide bonds. The number of fused-ring (bicyclic) bond motifs is 1. The molecule has 1 N–H and O–H groups in total. The van der Waals surface area contributed by atoms with Gasteiger partial charge in [0.05, 0.1) is 12.4 Å². The summed E-state index contributed by atoms with van der Waals surface area (Å²) in [7, 11) is 0. The maximum atomic E-state index is 12.3. The van der Waals surface area contributed by atoms with Crippen molar-refractivity contribution in [1.82, 2.24) is 15.3 Å². The molecule has 4 rings (SSSR count). The normalized spacial score (nSPS) is 13.1. The summed E-state index contributed by atoms with van der Waals surface area (Å²) < 4.78 is 0. The highest BCUT2D eigenvalue weighted by Gasteiger charge is 2.17. The number of carbonyl (C=O) groups is 1. The summed E-state index contributed by atoms with van der Waals surface area (Å²) in [6.07, 6.45) is 6.12. The van der Waals surface area contributed by atoms with E-state index in [1.807, 2.05) is 18.2 Å². The molecule has 2 heterocycles. The Hall–Kier alpha value is -3.21. The Labute approximate surface area is 165 Å². The van der Waals surface area contributed by atoms with Gasteiger partial charge in [-0.2, -0.15) is 0 Å². The smallest absolute Gasteiger partial charge is 0.271 e. The molecule has 1 aliphatic rings. The van der Waals surface area contributed by atoms with Crippen molar-refractivity contribution in [3.05, 3.63) is 89.4 Å². The average molecular weight is 372 g/mol. The van der Waals surface area contributed by atoms with E-state index in [1.54, 1.807) is 12.4 Å². The summed E-state index contributed by atoms with van der Waals surface area (Å²) in [5, 5.41) is 2.93. The molecule has 0 unspecified atom stereocenters. The minimum absolute atomic E-state index is 0.170. The number of hydrogen-bond donors (Lipinski definition) is 1. The Balaban J connectivity index is 1.29. The first kappa shape index (κ1) is 18.2. The Bertz CT molecular complexity index is 925. The molecule has 28 heavy (non-hydrogen) atoms. The van der Waals surface area contributed by atoms with Crippen LogP contribution in [0.1, 0.15) is 33.6 Å². The van der Waals surface area contributed by atoms with Crippen LogP contribution < -0.4 is 10.2 Å². The third kappa shape index (κ3) is 4.36. The van der Waals surface area contributed by atoms with E-state index in [4.69, 9.17) is 0 Å². The molecule has 0 bridgehead atoms. The Morgan fingerprint density at radius 1 is 0.964 bits per heavy atom. The van der Waals surface area contributed by atoms with Gasteiger partial charge in [-0.05, 0) is 36.0 Å². The van der Waals surface area contributed by atoms with E-state index < -0.39 is 0 Å². The van der Waals surface area contributed by atoms with Crippen LogP contribution in [-0.4, -0.2) is 29.0 Å². The van der Waals surface area contributed by atoms with Gasteiger partial charge >= 0.3 is 0 Å². The summed E-state index contributed by atoms with van der Waals surface area (Å²) in [6, 6.07) is 18.8. The Morgan fingerprint density at radius 3 is 2.54 bits per heavy atom. The van der Waals surface area contributed by atoms with Crippen molar-refractivity contribution in [3.63, 3.8) is 0 Å². The van der Waals surface area contributed by atoms with Crippen molar-refractivity contribution in [2.75, 3.05) is 18.0 Å². The van der Waals surface area contributed by atoms with Crippen LogP contribution in [0.15, 0.2) is 67.0 Å². The monoisotopic (exact) mass is 372 g/mol. The molecule has 142 valence electrons. The molecule has 0 radical (unpaired) electrons. The SMILES string of the molecule is O=C(NCCCc1ccccc1)c1cnc(N2CCc3ccccc3C2)cn1. The predicted octanol–water partition coefficient (Wildman–Crippen LogP) is 3.40. The topological polar surface area (TPSA) is 58.1 Å². The minimum atomic E-state index is -0.170. The summed E-state index contributed by atoms with van der Waals surface area (Å²) >= 11 is 0. The van der Waals surface area contributed by atoms with Gasteiger partial charge in [0.1, 0.15) is 11.5 Å². The Morgan fingerprint density at radius 2 is 1.75 bits per heavy atom. The highest BCUT2D eigenvalue weighted by atomic mass is 16.1.